The Balaban J connectivity index is 2.09. The largest absolute Gasteiger partial charge is 0.490 e. The molecule has 1 aromatic carbocycles. The van der Waals surface area contributed by atoms with Gasteiger partial charge in [-0.2, -0.15) is 0 Å². The maximum absolute atomic E-state index is 6.73. The summed E-state index contributed by atoms with van der Waals surface area (Å²) < 4.78 is 12.8. The van der Waals surface area contributed by atoms with Crippen molar-refractivity contribution in [3.05, 3.63) is 21.7 Å². The van der Waals surface area contributed by atoms with Crippen molar-refractivity contribution in [3.8, 4) is 11.5 Å². The zero-order valence-corrected chi connectivity index (χ0v) is 13.6. The van der Waals surface area contributed by atoms with Crippen LogP contribution in [0, 0.1) is 6.92 Å². The molecule has 110 valence electrons. The first kappa shape index (κ1) is 14.2. The van der Waals surface area contributed by atoms with Gasteiger partial charge in [0.2, 0.25) is 0 Å². The van der Waals surface area contributed by atoms with Gasteiger partial charge in [-0.05, 0) is 31.4 Å². The van der Waals surface area contributed by atoms with Crippen molar-refractivity contribution in [3.63, 3.8) is 0 Å². The third kappa shape index (κ3) is 2.44. The van der Waals surface area contributed by atoms with E-state index in [1.54, 1.807) is 0 Å². The van der Waals surface area contributed by atoms with Gasteiger partial charge in [-0.3, -0.25) is 0 Å². The fourth-order valence-corrected chi connectivity index (χ4v) is 4.38. The highest BCUT2D eigenvalue weighted by Crippen LogP contribution is 2.46. The molecular weight excluding hydrogens is 318 g/mol. The second-order valence-electron chi connectivity index (χ2n) is 5.95. The van der Waals surface area contributed by atoms with E-state index in [4.69, 9.17) is 15.2 Å². The smallest absolute Gasteiger partial charge is 0.164 e. The second-order valence-corrected chi connectivity index (χ2v) is 6.81. The Morgan fingerprint density at radius 3 is 2.55 bits per heavy atom. The van der Waals surface area contributed by atoms with Crippen molar-refractivity contribution in [1.82, 2.24) is 0 Å². The first-order chi connectivity index (χ1) is 9.62. The first-order valence-corrected chi connectivity index (χ1v) is 8.29. The Kier molecular flexibility index (Phi) is 3.95. The van der Waals surface area contributed by atoms with Crippen LogP contribution in [0.3, 0.4) is 0 Å². The van der Waals surface area contributed by atoms with Gasteiger partial charge in [0.15, 0.2) is 11.5 Å². The van der Waals surface area contributed by atoms with E-state index in [0.717, 1.165) is 40.8 Å². The van der Waals surface area contributed by atoms with Crippen LogP contribution in [0.15, 0.2) is 10.5 Å². The van der Waals surface area contributed by atoms with Crippen molar-refractivity contribution >= 4 is 15.9 Å². The highest BCUT2D eigenvalue weighted by molar-refractivity contribution is 9.10. The summed E-state index contributed by atoms with van der Waals surface area (Å²) in [5, 5.41) is 0. The van der Waals surface area contributed by atoms with E-state index >= 15 is 0 Å². The number of fused-ring (bicyclic) bond motifs is 1. The fraction of sp³-hybridized carbons (Fsp3) is 0.625. The third-order valence-corrected chi connectivity index (χ3v) is 5.10. The van der Waals surface area contributed by atoms with Crippen LogP contribution in [0.25, 0.3) is 0 Å². The summed E-state index contributed by atoms with van der Waals surface area (Å²) in [6, 6.07) is 2.03. The molecule has 0 atom stereocenters. The standard InChI is InChI=1S/C16H22BrNO2/c1-11-14(16(18)6-3-2-4-7-16)12(17)10-13-15(11)20-9-5-8-19-13/h10H,2-9,18H2,1H3. The lowest BCUT2D eigenvalue weighted by molar-refractivity contribution is 0.291. The molecule has 0 bridgehead atoms. The normalized spacial score (nSPS) is 21.4. The number of rotatable bonds is 1. The lowest BCUT2D eigenvalue weighted by Gasteiger charge is -2.36. The topological polar surface area (TPSA) is 44.5 Å². The molecule has 0 radical (unpaired) electrons. The average molecular weight is 340 g/mol. The molecule has 0 aromatic heterocycles. The van der Waals surface area contributed by atoms with E-state index in [1.807, 2.05) is 6.07 Å². The van der Waals surface area contributed by atoms with E-state index < -0.39 is 0 Å². The molecular formula is C16H22BrNO2. The Morgan fingerprint density at radius 2 is 1.80 bits per heavy atom. The van der Waals surface area contributed by atoms with Gasteiger partial charge < -0.3 is 15.2 Å². The van der Waals surface area contributed by atoms with Gasteiger partial charge in [0.05, 0.1) is 13.2 Å². The third-order valence-electron chi connectivity index (χ3n) is 4.47. The highest BCUT2D eigenvalue weighted by atomic mass is 79.9. The number of halogens is 1. The average Bonchev–Trinajstić information content (AvgIpc) is 2.64. The molecule has 1 saturated carbocycles. The summed E-state index contributed by atoms with van der Waals surface area (Å²) in [5.74, 6) is 1.73. The number of benzene rings is 1. The molecule has 1 aliphatic carbocycles. The molecule has 1 fully saturated rings. The number of nitrogens with two attached hydrogens (primary N) is 1. The molecule has 0 amide bonds. The zero-order valence-electron chi connectivity index (χ0n) is 12.0. The number of ether oxygens (including phenoxy) is 2. The Morgan fingerprint density at radius 1 is 1.10 bits per heavy atom. The van der Waals surface area contributed by atoms with Crippen LogP contribution >= 0.6 is 15.9 Å². The van der Waals surface area contributed by atoms with Crippen LogP contribution in [-0.4, -0.2) is 13.2 Å². The summed E-state index contributed by atoms with van der Waals surface area (Å²) >= 11 is 3.71. The molecule has 1 aliphatic heterocycles. The quantitative estimate of drug-likeness (QED) is 0.839. The maximum Gasteiger partial charge on any atom is 0.164 e. The van der Waals surface area contributed by atoms with Gasteiger partial charge in [0.25, 0.3) is 0 Å². The van der Waals surface area contributed by atoms with Crippen LogP contribution in [0.5, 0.6) is 11.5 Å². The van der Waals surface area contributed by atoms with Gasteiger partial charge in [0, 0.05) is 22.0 Å². The van der Waals surface area contributed by atoms with Crippen molar-refractivity contribution < 1.29 is 9.47 Å². The van der Waals surface area contributed by atoms with E-state index in [2.05, 4.69) is 22.9 Å². The summed E-state index contributed by atoms with van der Waals surface area (Å²) in [6.07, 6.45) is 6.72. The van der Waals surface area contributed by atoms with Crippen LogP contribution in [0.1, 0.15) is 49.7 Å². The summed E-state index contributed by atoms with van der Waals surface area (Å²) in [6.45, 7) is 3.54. The monoisotopic (exact) mass is 339 g/mol. The van der Waals surface area contributed by atoms with Gasteiger partial charge in [-0.15, -0.1) is 0 Å². The summed E-state index contributed by atoms with van der Waals surface area (Å²) in [4.78, 5) is 0. The molecule has 3 nitrogen and oxygen atoms in total. The van der Waals surface area contributed by atoms with Crippen LogP contribution in [0.2, 0.25) is 0 Å². The van der Waals surface area contributed by atoms with Crippen molar-refractivity contribution in [1.29, 1.82) is 0 Å². The Labute approximate surface area is 129 Å². The molecule has 1 aromatic rings. The number of hydrogen-bond acceptors (Lipinski definition) is 3. The lowest BCUT2D eigenvalue weighted by atomic mass is 9.76. The Bertz CT molecular complexity index is 510. The molecule has 20 heavy (non-hydrogen) atoms. The molecule has 2 aliphatic rings. The van der Waals surface area contributed by atoms with Crippen LogP contribution in [-0.2, 0) is 5.54 Å². The van der Waals surface area contributed by atoms with Crippen LogP contribution in [0.4, 0.5) is 0 Å². The van der Waals surface area contributed by atoms with Crippen molar-refractivity contribution in [2.75, 3.05) is 13.2 Å². The Hall–Kier alpha value is -0.740. The lowest BCUT2D eigenvalue weighted by Crippen LogP contribution is -2.39. The molecule has 2 N–H and O–H groups in total. The number of hydrogen-bond donors (Lipinski definition) is 1. The van der Waals surface area contributed by atoms with Gasteiger partial charge >= 0.3 is 0 Å². The zero-order chi connectivity index (χ0) is 14.2. The van der Waals surface area contributed by atoms with E-state index in [1.165, 1.54) is 24.8 Å². The van der Waals surface area contributed by atoms with E-state index in [-0.39, 0.29) is 5.54 Å². The van der Waals surface area contributed by atoms with Gasteiger partial charge in [-0.1, -0.05) is 35.2 Å². The van der Waals surface area contributed by atoms with E-state index in [0.29, 0.717) is 13.2 Å². The van der Waals surface area contributed by atoms with Gasteiger partial charge in [-0.25, -0.2) is 0 Å². The highest BCUT2D eigenvalue weighted by Gasteiger charge is 2.34. The van der Waals surface area contributed by atoms with Gasteiger partial charge in [0.1, 0.15) is 0 Å². The predicted molar refractivity (Wildman–Crippen MR) is 83.4 cm³/mol. The molecule has 1 heterocycles. The second kappa shape index (κ2) is 5.57. The SMILES string of the molecule is Cc1c2c(cc(Br)c1C1(N)CCCCC1)OCCCO2. The molecule has 3 rings (SSSR count). The minimum absolute atomic E-state index is 0.230. The molecule has 4 heteroatoms. The van der Waals surface area contributed by atoms with Crippen molar-refractivity contribution in [2.24, 2.45) is 5.73 Å². The minimum Gasteiger partial charge on any atom is -0.490 e. The maximum atomic E-state index is 6.73. The summed E-state index contributed by atoms with van der Waals surface area (Å²) in [5.41, 5.74) is 8.85. The molecule has 0 spiro atoms. The first-order valence-electron chi connectivity index (χ1n) is 7.50. The molecule has 0 unspecified atom stereocenters. The summed E-state index contributed by atoms with van der Waals surface area (Å²) in [7, 11) is 0. The van der Waals surface area contributed by atoms with Crippen LogP contribution < -0.4 is 15.2 Å². The predicted octanol–water partition coefficient (Wildman–Crippen LogP) is 4.04. The minimum atomic E-state index is -0.230. The van der Waals surface area contributed by atoms with Crippen molar-refractivity contribution in [2.45, 2.75) is 51.0 Å². The van der Waals surface area contributed by atoms with E-state index in [9.17, 15) is 0 Å². The molecule has 0 saturated heterocycles. The fourth-order valence-electron chi connectivity index (χ4n) is 3.48.